The number of para-hydroxylation sites is 1. The first kappa shape index (κ1) is 20.3. The predicted octanol–water partition coefficient (Wildman–Crippen LogP) is 4.28. The third kappa shape index (κ3) is 6.29. The number of amides is 1. The molecule has 2 aromatic carbocycles. The summed E-state index contributed by atoms with van der Waals surface area (Å²) in [5, 5.41) is 5.96. The Labute approximate surface area is 170 Å². The maximum Gasteiger partial charge on any atom is 0.274 e. The van der Waals surface area contributed by atoms with Gasteiger partial charge < -0.3 is 20.1 Å². The zero-order valence-electron chi connectivity index (χ0n) is 16.5. The number of aromatic nitrogens is 2. The van der Waals surface area contributed by atoms with Crippen LogP contribution in [-0.2, 0) is 4.74 Å². The number of hydrogen-bond acceptors (Lipinski definition) is 6. The summed E-state index contributed by atoms with van der Waals surface area (Å²) in [4.78, 5) is 21.2. The smallest absolute Gasteiger partial charge is 0.274 e. The number of aryl methyl sites for hydroxylation is 1. The Morgan fingerprint density at radius 3 is 2.45 bits per heavy atom. The van der Waals surface area contributed by atoms with Gasteiger partial charge in [-0.1, -0.05) is 18.2 Å². The maximum absolute atomic E-state index is 12.6. The molecule has 0 aliphatic heterocycles. The van der Waals surface area contributed by atoms with Crippen LogP contribution in [0, 0.1) is 6.92 Å². The van der Waals surface area contributed by atoms with E-state index in [1.807, 2.05) is 37.3 Å². The van der Waals surface area contributed by atoms with E-state index in [-0.39, 0.29) is 5.91 Å². The van der Waals surface area contributed by atoms with Crippen molar-refractivity contribution in [2.24, 2.45) is 0 Å². The van der Waals surface area contributed by atoms with Crippen molar-refractivity contribution in [2.45, 2.75) is 13.3 Å². The van der Waals surface area contributed by atoms with Gasteiger partial charge >= 0.3 is 0 Å². The van der Waals surface area contributed by atoms with Crippen molar-refractivity contribution >= 4 is 17.5 Å². The normalized spacial score (nSPS) is 10.4. The average Bonchev–Trinajstić information content (AvgIpc) is 2.73. The summed E-state index contributed by atoms with van der Waals surface area (Å²) < 4.78 is 10.8. The number of methoxy groups -OCH3 is 1. The SMILES string of the molecule is COCCCNc1nc(C)cc(C(=O)Nc2ccc(Oc3ccccc3)cc2)n1. The third-order valence-corrected chi connectivity index (χ3v) is 3.99. The van der Waals surface area contributed by atoms with E-state index in [9.17, 15) is 4.79 Å². The van der Waals surface area contributed by atoms with Crippen LogP contribution in [0.2, 0.25) is 0 Å². The summed E-state index contributed by atoms with van der Waals surface area (Å²) in [5.41, 5.74) is 1.67. The Kier molecular flexibility index (Phi) is 7.13. The highest BCUT2D eigenvalue weighted by Crippen LogP contribution is 2.22. The van der Waals surface area contributed by atoms with E-state index in [4.69, 9.17) is 9.47 Å². The first-order valence-electron chi connectivity index (χ1n) is 9.37. The van der Waals surface area contributed by atoms with E-state index in [0.29, 0.717) is 41.9 Å². The highest BCUT2D eigenvalue weighted by atomic mass is 16.5. The Balaban J connectivity index is 1.61. The molecular formula is C22H24N4O3. The van der Waals surface area contributed by atoms with Crippen molar-refractivity contribution in [3.8, 4) is 11.5 Å². The van der Waals surface area contributed by atoms with Crippen molar-refractivity contribution in [1.29, 1.82) is 0 Å². The second-order valence-electron chi connectivity index (χ2n) is 6.38. The molecule has 3 aromatic rings. The fourth-order valence-corrected chi connectivity index (χ4v) is 2.61. The largest absolute Gasteiger partial charge is 0.457 e. The number of carbonyl (C=O) groups excluding carboxylic acids is 1. The van der Waals surface area contributed by atoms with Gasteiger partial charge in [0.2, 0.25) is 5.95 Å². The quantitative estimate of drug-likeness (QED) is 0.529. The molecule has 2 N–H and O–H groups in total. The molecule has 7 heteroatoms. The minimum absolute atomic E-state index is 0.299. The molecule has 0 saturated carbocycles. The van der Waals surface area contributed by atoms with Crippen LogP contribution in [-0.4, -0.2) is 36.1 Å². The van der Waals surface area contributed by atoms with Gasteiger partial charge in [-0.2, -0.15) is 0 Å². The lowest BCUT2D eigenvalue weighted by molar-refractivity contribution is 0.102. The minimum Gasteiger partial charge on any atom is -0.457 e. The lowest BCUT2D eigenvalue weighted by Gasteiger charge is -2.10. The number of ether oxygens (including phenoxy) is 2. The topological polar surface area (TPSA) is 85.4 Å². The number of nitrogens with one attached hydrogen (secondary N) is 2. The van der Waals surface area contributed by atoms with E-state index >= 15 is 0 Å². The van der Waals surface area contributed by atoms with E-state index in [1.165, 1.54) is 0 Å². The zero-order valence-corrected chi connectivity index (χ0v) is 16.5. The molecule has 29 heavy (non-hydrogen) atoms. The average molecular weight is 392 g/mol. The summed E-state index contributed by atoms with van der Waals surface area (Å²) in [6, 6.07) is 18.4. The first-order chi connectivity index (χ1) is 14.1. The van der Waals surface area contributed by atoms with Crippen LogP contribution in [0.1, 0.15) is 22.6 Å². The van der Waals surface area contributed by atoms with Crippen LogP contribution in [0.25, 0.3) is 0 Å². The van der Waals surface area contributed by atoms with E-state index < -0.39 is 0 Å². The van der Waals surface area contributed by atoms with Crippen molar-refractivity contribution in [2.75, 3.05) is 30.9 Å². The second kappa shape index (κ2) is 10.2. The Morgan fingerprint density at radius 1 is 1.00 bits per heavy atom. The third-order valence-electron chi connectivity index (χ3n) is 3.99. The fourth-order valence-electron chi connectivity index (χ4n) is 2.61. The molecule has 0 spiro atoms. The molecule has 7 nitrogen and oxygen atoms in total. The molecule has 1 heterocycles. The number of rotatable bonds is 9. The monoisotopic (exact) mass is 392 g/mol. The van der Waals surface area contributed by atoms with E-state index in [2.05, 4.69) is 20.6 Å². The van der Waals surface area contributed by atoms with Crippen LogP contribution in [0.3, 0.4) is 0 Å². The van der Waals surface area contributed by atoms with Gasteiger partial charge in [-0.15, -0.1) is 0 Å². The molecule has 0 aliphatic carbocycles. The molecule has 3 rings (SSSR count). The van der Waals surface area contributed by atoms with Crippen LogP contribution < -0.4 is 15.4 Å². The molecule has 0 unspecified atom stereocenters. The number of anilines is 2. The molecule has 0 saturated heterocycles. The number of hydrogen-bond donors (Lipinski definition) is 2. The summed E-state index contributed by atoms with van der Waals surface area (Å²) in [6.45, 7) is 3.14. The number of benzene rings is 2. The van der Waals surface area contributed by atoms with Crippen molar-refractivity contribution in [3.05, 3.63) is 72.1 Å². The molecule has 1 amide bonds. The van der Waals surface area contributed by atoms with Gasteiger partial charge in [0.1, 0.15) is 17.2 Å². The van der Waals surface area contributed by atoms with Crippen molar-refractivity contribution in [1.82, 2.24) is 9.97 Å². The van der Waals surface area contributed by atoms with E-state index in [1.54, 1.807) is 37.4 Å². The molecule has 0 bridgehead atoms. The number of carbonyl (C=O) groups is 1. The second-order valence-corrected chi connectivity index (χ2v) is 6.38. The van der Waals surface area contributed by atoms with Gasteiger partial charge in [-0.05, 0) is 55.8 Å². The lowest BCUT2D eigenvalue weighted by atomic mass is 10.2. The van der Waals surface area contributed by atoms with Crippen molar-refractivity contribution in [3.63, 3.8) is 0 Å². The van der Waals surface area contributed by atoms with Gasteiger partial charge in [0.15, 0.2) is 0 Å². The van der Waals surface area contributed by atoms with Crippen LogP contribution in [0.5, 0.6) is 11.5 Å². The Hall–Kier alpha value is -3.45. The number of nitrogens with zero attached hydrogens (tertiary/aromatic N) is 2. The minimum atomic E-state index is -0.299. The van der Waals surface area contributed by atoms with Gasteiger partial charge in [0.05, 0.1) is 0 Å². The molecule has 150 valence electrons. The van der Waals surface area contributed by atoms with Gasteiger partial charge in [0.25, 0.3) is 5.91 Å². The molecular weight excluding hydrogens is 368 g/mol. The van der Waals surface area contributed by atoms with Gasteiger partial charge in [0, 0.05) is 31.6 Å². The highest BCUT2D eigenvalue weighted by molar-refractivity contribution is 6.03. The van der Waals surface area contributed by atoms with Crippen LogP contribution in [0.15, 0.2) is 60.7 Å². The molecule has 0 radical (unpaired) electrons. The Bertz CT molecular complexity index is 931. The van der Waals surface area contributed by atoms with Crippen LogP contribution >= 0.6 is 0 Å². The highest BCUT2D eigenvalue weighted by Gasteiger charge is 2.11. The molecule has 0 aliphatic rings. The van der Waals surface area contributed by atoms with Crippen LogP contribution in [0.4, 0.5) is 11.6 Å². The van der Waals surface area contributed by atoms with Gasteiger partial charge in [-0.25, -0.2) is 9.97 Å². The molecule has 0 fully saturated rings. The predicted molar refractivity (Wildman–Crippen MR) is 113 cm³/mol. The summed E-state index contributed by atoms with van der Waals surface area (Å²) in [5.74, 6) is 1.57. The maximum atomic E-state index is 12.6. The lowest BCUT2D eigenvalue weighted by Crippen LogP contribution is -2.16. The van der Waals surface area contributed by atoms with E-state index in [0.717, 1.165) is 12.2 Å². The molecule has 1 aromatic heterocycles. The molecule has 0 atom stereocenters. The summed E-state index contributed by atoms with van der Waals surface area (Å²) in [7, 11) is 1.66. The Morgan fingerprint density at radius 2 is 1.72 bits per heavy atom. The zero-order chi connectivity index (χ0) is 20.5. The van der Waals surface area contributed by atoms with Gasteiger partial charge in [-0.3, -0.25) is 4.79 Å². The summed E-state index contributed by atoms with van der Waals surface area (Å²) >= 11 is 0. The standard InChI is InChI=1S/C22H24N4O3/c1-16-15-20(26-22(24-16)23-13-6-14-28-2)21(27)25-17-9-11-19(12-10-17)29-18-7-4-3-5-8-18/h3-5,7-12,15H,6,13-14H2,1-2H3,(H,25,27)(H,23,24,26). The first-order valence-corrected chi connectivity index (χ1v) is 9.37. The fraction of sp³-hybridized carbons (Fsp3) is 0.227. The summed E-state index contributed by atoms with van der Waals surface area (Å²) in [6.07, 6.45) is 0.826. The van der Waals surface area contributed by atoms with Crippen molar-refractivity contribution < 1.29 is 14.3 Å².